The van der Waals surface area contributed by atoms with Crippen LogP contribution in [0.3, 0.4) is 0 Å². The van der Waals surface area contributed by atoms with Gasteiger partial charge in [0, 0.05) is 18.1 Å². The zero-order valence-corrected chi connectivity index (χ0v) is 16.0. The van der Waals surface area contributed by atoms with E-state index in [-0.39, 0.29) is 0 Å². The average Bonchev–Trinajstić information content (AvgIpc) is 3.30. The Bertz CT molecular complexity index is 749. The Labute approximate surface area is 155 Å². The molecule has 5 nitrogen and oxygen atoms in total. The summed E-state index contributed by atoms with van der Waals surface area (Å²) in [7, 11) is 0. The van der Waals surface area contributed by atoms with Crippen LogP contribution in [-0.2, 0) is 11.2 Å². The molecule has 140 valence electrons. The molecule has 2 aromatic rings. The highest BCUT2D eigenvalue weighted by Crippen LogP contribution is 2.28. The van der Waals surface area contributed by atoms with Crippen molar-refractivity contribution in [3.63, 3.8) is 0 Å². The van der Waals surface area contributed by atoms with Crippen molar-refractivity contribution in [2.24, 2.45) is 4.99 Å². The summed E-state index contributed by atoms with van der Waals surface area (Å²) in [4.78, 5) is 4.40. The van der Waals surface area contributed by atoms with Crippen LogP contribution in [0.1, 0.15) is 61.6 Å². The fourth-order valence-electron chi connectivity index (χ4n) is 3.07. The molecule has 26 heavy (non-hydrogen) atoms. The summed E-state index contributed by atoms with van der Waals surface area (Å²) < 4.78 is 16.9. The second-order valence-corrected chi connectivity index (χ2v) is 7.04. The Hall–Kier alpha value is -2.30. The van der Waals surface area contributed by atoms with Crippen LogP contribution in [0.4, 0.5) is 0 Å². The molecule has 0 bridgehead atoms. The SMILES string of the molecule is Cc1cc(CCCCCOc2ccc(C3=NCCO3)cc2C(C)C)on1. The number of nitrogens with zero attached hydrogens (tertiary/aromatic N) is 2. The van der Waals surface area contributed by atoms with Gasteiger partial charge in [0.1, 0.15) is 18.1 Å². The number of hydrogen-bond acceptors (Lipinski definition) is 5. The fourth-order valence-corrected chi connectivity index (χ4v) is 3.07. The van der Waals surface area contributed by atoms with E-state index in [2.05, 4.69) is 30.1 Å². The van der Waals surface area contributed by atoms with Gasteiger partial charge in [-0.15, -0.1) is 0 Å². The van der Waals surface area contributed by atoms with Crippen LogP contribution < -0.4 is 4.74 Å². The molecule has 1 aromatic carbocycles. The lowest BCUT2D eigenvalue weighted by molar-refractivity contribution is 0.299. The molecular weight excluding hydrogens is 328 g/mol. The van der Waals surface area contributed by atoms with Gasteiger partial charge in [0.15, 0.2) is 0 Å². The summed E-state index contributed by atoms with van der Waals surface area (Å²) in [5, 5.41) is 3.92. The third-order valence-electron chi connectivity index (χ3n) is 4.47. The molecule has 0 fully saturated rings. The molecule has 1 aliphatic rings. The van der Waals surface area contributed by atoms with E-state index in [0.717, 1.165) is 67.5 Å². The standard InChI is InChI=1S/C21H28N2O3/c1-15(2)19-14-17(21-22-10-12-25-21)8-9-20(19)24-11-6-4-5-7-18-13-16(3)23-26-18/h8-9,13-15H,4-7,10-12H2,1-3H3. The van der Waals surface area contributed by atoms with E-state index in [1.807, 2.05) is 25.1 Å². The number of aliphatic imine (C=N–C) groups is 1. The van der Waals surface area contributed by atoms with Gasteiger partial charge in [-0.25, -0.2) is 4.99 Å². The van der Waals surface area contributed by atoms with Crippen LogP contribution >= 0.6 is 0 Å². The van der Waals surface area contributed by atoms with E-state index in [9.17, 15) is 0 Å². The van der Waals surface area contributed by atoms with Crippen molar-refractivity contribution >= 4 is 5.90 Å². The molecule has 1 aromatic heterocycles. The van der Waals surface area contributed by atoms with Crippen LogP contribution in [-0.4, -0.2) is 30.8 Å². The van der Waals surface area contributed by atoms with Gasteiger partial charge in [0.2, 0.25) is 5.90 Å². The first-order valence-electron chi connectivity index (χ1n) is 9.50. The fraction of sp³-hybridized carbons (Fsp3) is 0.524. The van der Waals surface area contributed by atoms with Crippen molar-refractivity contribution in [1.82, 2.24) is 5.16 Å². The van der Waals surface area contributed by atoms with Gasteiger partial charge in [-0.3, -0.25) is 0 Å². The molecule has 0 N–H and O–H groups in total. The molecule has 0 spiro atoms. The van der Waals surface area contributed by atoms with Gasteiger partial charge < -0.3 is 14.0 Å². The van der Waals surface area contributed by atoms with Crippen molar-refractivity contribution in [1.29, 1.82) is 0 Å². The van der Waals surface area contributed by atoms with E-state index >= 15 is 0 Å². The highest BCUT2D eigenvalue weighted by atomic mass is 16.5. The maximum absolute atomic E-state index is 6.06. The summed E-state index contributed by atoms with van der Waals surface area (Å²) >= 11 is 0. The summed E-state index contributed by atoms with van der Waals surface area (Å²) in [6, 6.07) is 8.24. The van der Waals surface area contributed by atoms with Gasteiger partial charge in [0.05, 0.1) is 18.8 Å². The summed E-state index contributed by atoms with van der Waals surface area (Å²) in [5.74, 6) is 3.08. The molecule has 5 heteroatoms. The molecule has 0 radical (unpaired) electrons. The highest BCUT2D eigenvalue weighted by Gasteiger charge is 2.15. The van der Waals surface area contributed by atoms with Gasteiger partial charge in [-0.2, -0.15) is 0 Å². The number of ether oxygens (including phenoxy) is 2. The lowest BCUT2D eigenvalue weighted by Gasteiger charge is -2.15. The zero-order chi connectivity index (χ0) is 18.4. The largest absolute Gasteiger partial charge is 0.493 e. The van der Waals surface area contributed by atoms with Crippen molar-refractivity contribution in [2.45, 2.75) is 52.4 Å². The quantitative estimate of drug-likeness (QED) is 0.612. The lowest BCUT2D eigenvalue weighted by Crippen LogP contribution is -2.06. The normalized spacial score (nSPS) is 13.8. The number of benzene rings is 1. The predicted molar refractivity (Wildman–Crippen MR) is 102 cm³/mol. The van der Waals surface area contributed by atoms with Gasteiger partial charge >= 0.3 is 0 Å². The topological polar surface area (TPSA) is 56.9 Å². The minimum atomic E-state index is 0.390. The number of aromatic nitrogens is 1. The Morgan fingerprint density at radius 3 is 2.73 bits per heavy atom. The van der Waals surface area contributed by atoms with Crippen molar-refractivity contribution in [3.05, 3.63) is 46.8 Å². The first-order chi connectivity index (χ1) is 12.6. The van der Waals surface area contributed by atoms with Crippen molar-refractivity contribution < 1.29 is 14.0 Å². The third-order valence-corrected chi connectivity index (χ3v) is 4.47. The Balaban J connectivity index is 1.47. The molecule has 0 amide bonds. The molecular formula is C21H28N2O3. The molecule has 0 saturated carbocycles. The number of unbranched alkanes of at least 4 members (excludes halogenated alkanes) is 2. The van der Waals surface area contributed by atoms with E-state index in [1.165, 1.54) is 5.56 Å². The second-order valence-electron chi connectivity index (χ2n) is 7.04. The minimum Gasteiger partial charge on any atom is -0.493 e. The number of aryl methyl sites for hydroxylation is 2. The van der Waals surface area contributed by atoms with E-state index in [0.29, 0.717) is 12.5 Å². The Morgan fingerprint density at radius 2 is 2.04 bits per heavy atom. The predicted octanol–water partition coefficient (Wildman–Crippen LogP) is 4.68. The van der Waals surface area contributed by atoms with Crippen LogP contribution in [0.15, 0.2) is 33.8 Å². The van der Waals surface area contributed by atoms with E-state index in [4.69, 9.17) is 14.0 Å². The summed E-state index contributed by atoms with van der Waals surface area (Å²) in [6.45, 7) is 8.47. The third kappa shape index (κ3) is 4.87. The smallest absolute Gasteiger partial charge is 0.216 e. The van der Waals surface area contributed by atoms with Crippen LogP contribution in [0.5, 0.6) is 5.75 Å². The van der Waals surface area contributed by atoms with E-state index < -0.39 is 0 Å². The van der Waals surface area contributed by atoms with Crippen LogP contribution in [0.2, 0.25) is 0 Å². The summed E-state index contributed by atoms with van der Waals surface area (Å²) in [6.07, 6.45) is 4.17. The van der Waals surface area contributed by atoms with Gasteiger partial charge in [-0.05, 0) is 55.9 Å². The summed E-state index contributed by atoms with van der Waals surface area (Å²) in [5.41, 5.74) is 3.20. The molecule has 1 aliphatic heterocycles. The molecule has 0 atom stereocenters. The Morgan fingerprint density at radius 1 is 1.15 bits per heavy atom. The molecule has 0 aliphatic carbocycles. The highest BCUT2D eigenvalue weighted by molar-refractivity contribution is 5.95. The number of hydrogen-bond donors (Lipinski definition) is 0. The van der Waals surface area contributed by atoms with Gasteiger partial charge in [-0.1, -0.05) is 19.0 Å². The van der Waals surface area contributed by atoms with E-state index in [1.54, 1.807) is 0 Å². The van der Waals surface area contributed by atoms with Crippen LogP contribution in [0, 0.1) is 6.92 Å². The van der Waals surface area contributed by atoms with Crippen molar-refractivity contribution in [3.8, 4) is 5.75 Å². The van der Waals surface area contributed by atoms with Crippen molar-refractivity contribution in [2.75, 3.05) is 19.8 Å². The average molecular weight is 356 g/mol. The monoisotopic (exact) mass is 356 g/mol. The maximum Gasteiger partial charge on any atom is 0.216 e. The second kappa shape index (κ2) is 8.88. The first kappa shape index (κ1) is 18.5. The van der Waals surface area contributed by atoms with Gasteiger partial charge in [0.25, 0.3) is 0 Å². The Kier molecular flexibility index (Phi) is 6.31. The maximum atomic E-state index is 6.06. The number of rotatable bonds is 9. The van der Waals surface area contributed by atoms with Crippen LogP contribution in [0.25, 0.3) is 0 Å². The molecule has 0 unspecified atom stereocenters. The zero-order valence-electron chi connectivity index (χ0n) is 16.0. The first-order valence-corrected chi connectivity index (χ1v) is 9.50. The molecule has 0 saturated heterocycles. The lowest BCUT2D eigenvalue weighted by atomic mass is 9.99. The molecule has 3 rings (SSSR count). The minimum absolute atomic E-state index is 0.390. The molecule has 2 heterocycles.